The van der Waals surface area contributed by atoms with Gasteiger partial charge in [0.05, 0.1) is 0 Å². The predicted octanol–water partition coefficient (Wildman–Crippen LogP) is 2.04. The van der Waals surface area contributed by atoms with E-state index in [9.17, 15) is 9.59 Å². The van der Waals surface area contributed by atoms with Crippen molar-refractivity contribution < 1.29 is 14.7 Å². The van der Waals surface area contributed by atoms with Gasteiger partial charge in [0.1, 0.15) is 6.04 Å². The Bertz CT molecular complexity index is 434. The van der Waals surface area contributed by atoms with Crippen LogP contribution < -0.4 is 10.6 Å². The highest BCUT2D eigenvalue weighted by atomic mass is 35.5. The molecule has 0 spiro atoms. The van der Waals surface area contributed by atoms with E-state index in [1.165, 1.54) is 0 Å². The summed E-state index contributed by atoms with van der Waals surface area (Å²) in [5.41, 5.74) is 1.05. The molecular weight excluding hydrogens is 268 g/mol. The lowest BCUT2D eigenvalue weighted by molar-refractivity contribution is -0.139. The van der Waals surface area contributed by atoms with Crippen molar-refractivity contribution in [2.45, 2.75) is 25.8 Å². The van der Waals surface area contributed by atoms with Gasteiger partial charge in [-0.1, -0.05) is 30.7 Å². The van der Waals surface area contributed by atoms with E-state index in [0.717, 1.165) is 5.56 Å². The zero-order valence-electron chi connectivity index (χ0n) is 10.6. The Balaban J connectivity index is 2.30. The Morgan fingerprint density at radius 1 is 1.32 bits per heavy atom. The van der Waals surface area contributed by atoms with Crippen LogP contribution >= 0.6 is 11.6 Å². The van der Waals surface area contributed by atoms with Gasteiger partial charge in [0.15, 0.2) is 0 Å². The van der Waals surface area contributed by atoms with Crippen LogP contribution in [0.4, 0.5) is 4.79 Å². The third-order valence-electron chi connectivity index (χ3n) is 2.62. The Kier molecular flexibility index (Phi) is 6.15. The lowest BCUT2D eigenvalue weighted by atomic mass is 10.1. The summed E-state index contributed by atoms with van der Waals surface area (Å²) >= 11 is 5.76. The highest BCUT2D eigenvalue weighted by Crippen LogP contribution is 2.09. The molecule has 0 aromatic heterocycles. The van der Waals surface area contributed by atoms with Crippen molar-refractivity contribution >= 4 is 23.6 Å². The first-order valence-corrected chi connectivity index (χ1v) is 6.42. The molecule has 0 heterocycles. The Morgan fingerprint density at radius 2 is 1.95 bits per heavy atom. The minimum Gasteiger partial charge on any atom is -0.480 e. The average molecular weight is 285 g/mol. The number of amides is 2. The number of carboxylic acid groups (broad SMARTS) is 1. The zero-order chi connectivity index (χ0) is 14.3. The molecule has 0 aliphatic heterocycles. The molecule has 1 unspecified atom stereocenters. The average Bonchev–Trinajstić information content (AvgIpc) is 2.38. The number of urea groups is 1. The molecule has 1 atom stereocenters. The van der Waals surface area contributed by atoms with Crippen LogP contribution in [0.3, 0.4) is 0 Å². The van der Waals surface area contributed by atoms with Crippen LogP contribution in [-0.2, 0) is 11.2 Å². The van der Waals surface area contributed by atoms with E-state index in [0.29, 0.717) is 24.4 Å². The van der Waals surface area contributed by atoms with E-state index in [4.69, 9.17) is 16.7 Å². The van der Waals surface area contributed by atoms with Gasteiger partial charge in [-0.2, -0.15) is 0 Å². The van der Waals surface area contributed by atoms with Crippen LogP contribution in [-0.4, -0.2) is 29.7 Å². The van der Waals surface area contributed by atoms with Crippen LogP contribution in [0.15, 0.2) is 24.3 Å². The number of benzene rings is 1. The number of hydrogen-bond donors (Lipinski definition) is 3. The fourth-order valence-corrected chi connectivity index (χ4v) is 1.65. The SMILES string of the molecule is CCC(NC(=O)NCCc1ccc(Cl)cc1)C(=O)O. The molecule has 0 aliphatic carbocycles. The monoisotopic (exact) mass is 284 g/mol. The molecule has 0 radical (unpaired) electrons. The molecule has 1 rings (SSSR count). The van der Waals surface area contributed by atoms with Gasteiger partial charge in [0.2, 0.25) is 0 Å². The van der Waals surface area contributed by atoms with Crippen molar-refractivity contribution in [3.05, 3.63) is 34.9 Å². The quantitative estimate of drug-likeness (QED) is 0.748. The molecule has 6 heteroatoms. The summed E-state index contributed by atoms with van der Waals surface area (Å²) in [6.45, 7) is 2.14. The van der Waals surface area contributed by atoms with Gasteiger partial charge in [0.25, 0.3) is 0 Å². The molecule has 0 bridgehead atoms. The van der Waals surface area contributed by atoms with Gasteiger partial charge < -0.3 is 15.7 Å². The second kappa shape index (κ2) is 7.63. The van der Waals surface area contributed by atoms with Gasteiger partial charge in [0, 0.05) is 11.6 Å². The van der Waals surface area contributed by atoms with Crippen molar-refractivity contribution in [1.82, 2.24) is 10.6 Å². The molecule has 0 saturated carbocycles. The summed E-state index contributed by atoms with van der Waals surface area (Å²) in [6.07, 6.45) is 1.01. The molecule has 19 heavy (non-hydrogen) atoms. The topological polar surface area (TPSA) is 78.4 Å². The maximum Gasteiger partial charge on any atom is 0.326 e. The predicted molar refractivity (Wildman–Crippen MR) is 73.4 cm³/mol. The third-order valence-corrected chi connectivity index (χ3v) is 2.88. The van der Waals surface area contributed by atoms with Crippen LogP contribution in [0.5, 0.6) is 0 Å². The van der Waals surface area contributed by atoms with Gasteiger partial charge in [-0.25, -0.2) is 9.59 Å². The minimum atomic E-state index is -1.03. The summed E-state index contributed by atoms with van der Waals surface area (Å²) < 4.78 is 0. The molecule has 2 amide bonds. The minimum absolute atomic E-state index is 0.347. The maximum absolute atomic E-state index is 11.5. The van der Waals surface area contributed by atoms with Crippen LogP contribution in [0.25, 0.3) is 0 Å². The number of rotatable bonds is 6. The zero-order valence-corrected chi connectivity index (χ0v) is 11.4. The van der Waals surface area contributed by atoms with Crippen molar-refractivity contribution in [2.75, 3.05) is 6.54 Å². The molecule has 104 valence electrons. The van der Waals surface area contributed by atoms with Crippen molar-refractivity contribution in [2.24, 2.45) is 0 Å². The van der Waals surface area contributed by atoms with Gasteiger partial charge in [-0.3, -0.25) is 0 Å². The molecule has 1 aromatic carbocycles. The normalized spacial score (nSPS) is 11.7. The highest BCUT2D eigenvalue weighted by molar-refractivity contribution is 6.30. The fourth-order valence-electron chi connectivity index (χ4n) is 1.52. The number of hydrogen-bond acceptors (Lipinski definition) is 2. The maximum atomic E-state index is 11.5. The summed E-state index contributed by atoms with van der Waals surface area (Å²) in [4.78, 5) is 22.2. The number of halogens is 1. The lowest BCUT2D eigenvalue weighted by Gasteiger charge is -2.13. The Morgan fingerprint density at radius 3 is 2.47 bits per heavy atom. The number of carbonyl (C=O) groups is 2. The van der Waals surface area contributed by atoms with Crippen molar-refractivity contribution in [1.29, 1.82) is 0 Å². The highest BCUT2D eigenvalue weighted by Gasteiger charge is 2.16. The molecule has 0 saturated heterocycles. The first kappa shape index (κ1) is 15.3. The van der Waals surface area contributed by atoms with E-state index in [-0.39, 0.29) is 0 Å². The number of nitrogens with one attached hydrogen (secondary N) is 2. The largest absolute Gasteiger partial charge is 0.480 e. The first-order valence-electron chi connectivity index (χ1n) is 6.04. The molecule has 5 nitrogen and oxygen atoms in total. The second-order valence-electron chi connectivity index (χ2n) is 4.08. The lowest BCUT2D eigenvalue weighted by Crippen LogP contribution is -2.46. The van der Waals surface area contributed by atoms with E-state index < -0.39 is 18.0 Å². The van der Waals surface area contributed by atoms with Crippen LogP contribution in [0.1, 0.15) is 18.9 Å². The smallest absolute Gasteiger partial charge is 0.326 e. The van der Waals surface area contributed by atoms with E-state index >= 15 is 0 Å². The van der Waals surface area contributed by atoms with E-state index in [1.807, 2.05) is 12.1 Å². The molecule has 0 fully saturated rings. The van der Waals surface area contributed by atoms with Crippen molar-refractivity contribution in [3.63, 3.8) is 0 Å². The first-order chi connectivity index (χ1) is 9.02. The molecule has 1 aromatic rings. The standard InChI is InChI=1S/C13H17ClN2O3/c1-2-11(12(17)18)16-13(19)15-8-7-9-3-5-10(14)6-4-9/h3-6,11H,2,7-8H2,1H3,(H,17,18)(H2,15,16,19). The summed E-state index contributed by atoms with van der Waals surface area (Å²) in [7, 11) is 0. The summed E-state index contributed by atoms with van der Waals surface area (Å²) in [5.74, 6) is -1.03. The van der Waals surface area contributed by atoms with Gasteiger partial charge in [-0.05, 0) is 30.5 Å². The molecule has 0 aliphatic rings. The second-order valence-corrected chi connectivity index (χ2v) is 4.51. The Hall–Kier alpha value is -1.75. The summed E-state index contributed by atoms with van der Waals surface area (Å²) in [5, 5.41) is 14.5. The third kappa shape index (κ3) is 5.61. The molecular formula is C13H17ClN2O3. The van der Waals surface area contributed by atoms with Crippen LogP contribution in [0, 0.1) is 0 Å². The number of carbonyl (C=O) groups excluding carboxylic acids is 1. The number of carboxylic acids is 1. The number of aliphatic carboxylic acids is 1. The van der Waals surface area contributed by atoms with E-state index in [1.54, 1.807) is 19.1 Å². The van der Waals surface area contributed by atoms with Gasteiger partial charge in [-0.15, -0.1) is 0 Å². The fraction of sp³-hybridized carbons (Fsp3) is 0.385. The Labute approximate surface area is 117 Å². The van der Waals surface area contributed by atoms with Gasteiger partial charge >= 0.3 is 12.0 Å². The summed E-state index contributed by atoms with van der Waals surface area (Å²) in [6, 6.07) is 6.02. The van der Waals surface area contributed by atoms with Crippen LogP contribution in [0.2, 0.25) is 5.02 Å². The molecule has 3 N–H and O–H groups in total. The van der Waals surface area contributed by atoms with Crippen molar-refractivity contribution in [3.8, 4) is 0 Å². The van der Waals surface area contributed by atoms with E-state index in [2.05, 4.69) is 10.6 Å².